The number of aromatic amines is 1. The van der Waals surface area contributed by atoms with Gasteiger partial charge in [0.2, 0.25) is 5.91 Å². The number of hydrogen-bond donors (Lipinski definition) is 3. The predicted molar refractivity (Wildman–Crippen MR) is 124 cm³/mol. The van der Waals surface area contributed by atoms with Crippen molar-refractivity contribution in [2.75, 3.05) is 54.6 Å². The van der Waals surface area contributed by atoms with E-state index in [1.807, 2.05) is 24.3 Å². The third-order valence-corrected chi connectivity index (χ3v) is 5.57. The summed E-state index contributed by atoms with van der Waals surface area (Å²) in [6, 6.07) is 13.1. The fraction of sp³-hybridized carbons (Fsp3) is 0.318. The average Bonchev–Trinajstić information content (AvgIpc) is 3.18. The van der Waals surface area contributed by atoms with E-state index in [-0.39, 0.29) is 29.8 Å². The number of carbonyl (C=O) groups is 2. The van der Waals surface area contributed by atoms with Crippen molar-refractivity contribution >= 4 is 51.4 Å². The number of nitrogens with zero attached hydrogens (tertiary/aromatic N) is 3. The highest BCUT2D eigenvalue weighted by atomic mass is 35.5. The Bertz CT molecular complexity index is 1070. The van der Waals surface area contributed by atoms with Crippen LogP contribution < -0.4 is 15.5 Å². The van der Waals surface area contributed by atoms with Crippen molar-refractivity contribution in [3.8, 4) is 0 Å². The van der Waals surface area contributed by atoms with Crippen LogP contribution in [-0.2, 0) is 4.79 Å². The number of carbonyl (C=O) groups excluding carboxylic acids is 2. The van der Waals surface area contributed by atoms with Gasteiger partial charge in [-0.15, -0.1) is 11.6 Å². The number of amides is 2. The molecule has 1 fully saturated rings. The lowest BCUT2D eigenvalue weighted by Gasteiger charge is -2.34. The number of halogens is 1. The normalized spacial score (nSPS) is 14.6. The first-order chi connectivity index (χ1) is 15.0. The van der Waals surface area contributed by atoms with Crippen LogP contribution in [-0.4, -0.2) is 66.0 Å². The Hall–Kier alpha value is -3.10. The molecule has 1 saturated heterocycles. The summed E-state index contributed by atoms with van der Waals surface area (Å²) in [6.45, 7) is 4.06. The van der Waals surface area contributed by atoms with Gasteiger partial charge in [0.1, 0.15) is 0 Å². The summed E-state index contributed by atoms with van der Waals surface area (Å²) in [5.74, 6) is -0.242. The van der Waals surface area contributed by atoms with Gasteiger partial charge in [-0.1, -0.05) is 0 Å². The number of H-pyrrole nitrogens is 1. The van der Waals surface area contributed by atoms with Crippen molar-refractivity contribution in [1.82, 2.24) is 15.1 Å². The molecule has 0 aliphatic carbocycles. The van der Waals surface area contributed by atoms with Crippen LogP contribution in [0.1, 0.15) is 16.9 Å². The summed E-state index contributed by atoms with van der Waals surface area (Å²) in [5, 5.41) is 13.3. The molecule has 0 atom stereocenters. The number of anilines is 3. The number of fused-ring (bicyclic) bond motifs is 1. The van der Waals surface area contributed by atoms with Gasteiger partial charge in [0.25, 0.3) is 5.91 Å². The molecule has 0 bridgehead atoms. The minimum atomic E-state index is -0.317. The van der Waals surface area contributed by atoms with Gasteiger partial charge in [0, 0.05) is 60.9 Å². The molecule has 162 valence electrons. The zero-order valence-electron chi connectivity index (χ0n) is 17.3. The van der Waals surface area contributed by atoms with Crippen molar-refractivity contribution in [2.24, 2.45) is 0 Å². The van der Waals surface area contributed by atoms with Crippen LogP contribution in [0.15, 0.2) is 42.5 Å². The van der Waals surface area contributed by atoms with Crippen molar-refractivity contribution in [3.63, 3.8) is 0 Å². The lowest BCUT2D eigenvalue weighted by atomic mass is 10.1. The van der Waals surface area contributed by atoms with E-state index >= 15 is 0 Å². The Morgan fingerprint density at radius 1 is 1.03 bits per heavy atom. The molecule has 8 nitrogen and oxygen atoms in total. The molecule has 2 aromatic carbocycles. The molecule has 0 unspecified atom stereocenters. The first-order valence-electron chi connectivity index (χ1n) is 10.2. The molecule has 1 aromatic heterocycles. The fourth-order valence-corrected chi connectivity index (χ4v) is 3.76. The number of likely N-dealkylation sites (N-methyl/N-ethyl adjacent to an activating group) is 1. The number of nitrogens with one attached hydrogen (secondary N) is 3. The SMILES string of the molecule is CN1CCN(c2ccc(NC(=O)c3n[nH]c4ccc(NC(=O)CCCl)cc34)cc2)CC1. The number of hydrogen-bond acceptors (Lipinski definition) is 5. The average molecular weight is 441 g/mol. The van der Waals surface area contributed by atoms with Crippen LogP contribution in [0.3, 0.4) is 0 Å². The monoisotopic (exact) mass is 440 g/mol. The second-order valence-electron chi connectivity index (χ2n) is 7.61. The smallest absolute Gasteiger partial charge is 0.276 e. The van der Waals surface area contributed by atoms with E-state index in [1.165, 1.54) is 0 Å². The van der Waals surface area contributed by atoms with Gasteiger partial charge in [0.05, 0.1) is 5.52 Å². The molecule has 3 N–H and O–H groups in total. The summed E-state index contributed by atoms with van der Waals surface area (Å²) >= 11 is 5.61. The van der Waals surface area contributed by atoms with Crippen molar-refractivity contribution in [2.45, 2.75) is 6.42 Å². The Labute approximate surface area is 185 Å². The number of rotatable bonds is 6. The highest BCUT2D eigenvalue weighted by Gasteiger charge is 2.17. The maximum Gasteiger partial charge on any atom is 0.276 e. The van der Waals surface area contributed by atoms with E-state index < -0.39 is 0 Å². The number of piperazine rings is 1. The number of aromatic nitrogens is 2. The minimum absolute atomic E-state index is 0.177. The van der Waals surface area contributed by atoms with Gasteiger partial charge in [-0.05, 0) is 49.5 Å². The molecule has 4 rings (SSSR count). The molecule has 1 aliphatic heterocycles. The Morgan fingerprint density at radius 2 is 1.74 bits per heavy atom. The van der Waals surface area contributed by atoms with Gasteiger partial charge in [-0.2, -0.15) is 5.10 Å². The molecular formula is C22H25ClN6O2. The lowest BCUT2D eigenvalue weighted by molar-refractivity contribution is -0.115. The Balaban J connectivity index is 1.46. The van der Waals surface area contributed by atoms with E-state index in [1.54, 1.807) is 18.2 Å². The number of benzene rings is 2. The molecule has 9 heteroatoms. The van der Waals surface area contributed by atoms with Crippen LogP contribution in [0.2, 0.25) is 0 Å². The predicted octanol–water partition coefficient (Wildman–Crippen LogP) is 3.13. The van der Waals surface area contributed by atoms with Gasteiger partial charge in [-0.3, -0.25) is 14.7 Å². The Kier molecular flexibility index (Phi) is 6.39. The van der Waals surface area contributed by atoms with Gasteiger partial charge in [-0.25, -0.2) is 0 Å². The molecule has 31 heavy (non-hydrogen) atoms. The summed E-state index contributed by atoms with van der Waals surface area (Å²) in [6.07, 6.45) is 0.225. The third kappa shape index (κ3) is 4.98. The summed E-state index contributed by atoms with van der Waals surface area (Å²) < 4.78 is 0. The minimum Gasteiger partial charge on any atom is -0.369 e. The molecular weight excluding hydrogens is 416 g/mol. The van der Waals surface area contributed by atoms with E-state index in [9.17, 15) is 9.59 Å². The summed E-state index contributed by atoms with van der Waals surface area (Å²) in [4.78, 5) is 29.3. The van der Waals surface area contributed by atoms with Crippen LogP contribution in [0.5, 0.6) is 0 Å². The van der Waals surface area contributed by atoms with Crippen molar-refractivity contribution < 1.29 is 9.59 Å². The quantitative estimate of drug-likeness (QED) is 0.512. The van der Waals surface area contributed by atoms with E-state index in [2.05, 4.69) is 37.7 Å². The van der Waals surface area contributed by atoms with Crippen LogP contribution in [0.4, 0.5) is 17.1 Å². The topological polar surface area (TPSA) is 93.4 Å². The van der Waals surface area contributed by atoms with Gasteiger partial charge < -0.3 is 20.4 Å². The summed E-state index contributed by atoms with van der Waals surface area (Å²) in [5.41, 5.74) is 3.42. The molecule has 0 spiro atoms. The zero-order chi connectivity index (χ0) is 21.8. The lowest BCUT2D eigenvalue weighted by Crippen LogP contribution is -2.44. The molecule has 3 aromatic rings. The fourth-order valence-electron chi connectivity index (χ4n) is 3.58. The third-order valence-electron chi connectivity index (χ3n) is 5.38. The van der Waals surface area contributed by atoms with Crippen LogP contribution in [0.25, 0.3) is 10.9 Å². The molecule has 1 aliphatic rings. The van der Waals surface area contributed by atoms with Gasteiger partial charge in [0.15, 0.2) is 5.69 Å². The molecule has 0 radical (unpaired) electrons. The van der Waals surface area contributed by atoms with Gasteiger partial charge >= 0.3 is 0 Å². The van der Waals surface area contributed by atoms with E-state index in [4.69, 9.17) is 11.6 Å². The maximum atomic E-state index is 12.8. The van der Waals surface area contributed by atoms with E-state index in [0.717, 1.165) is 31.9 Å². The van der Waals surface area contributed by atoms with E-state index in [0.29, 0.717) is 22.3 Å². The molecule has 2 heterocycles. The molecule has 2 amide bonds. The zero-order valence-corrected chi connectivity index (χ0v) is 18.1. The number of alkyl halides is 1. The van der Waals surface area contributed by atoms with Crippen molar-refractivity contribution in [3.05, 3.63) is 48.2 Å². The maximum absolute atomic E-state index is 12.8. The first-order valence-corrected chi connectivity index (χ1v) is 10.8. The highest BCUT2D eigenvalue weighted by Crippen LogP contribution is 2.23. The first kappa shape index (κ1) is 21.1. The van der Waals surface area contributed by atoms with Crippen molar-refractivity contribution in [1.29, 1.82) is 0 Å². The largest absolute Gasteiger partial charge is 0.369 e. The standard InChI is InChI=1S/C22H25ClN6O2/c1-28-10-12-29(13-11-28)17-5-2-15(3-6-17)25-22(31)21-18-14-16(24-20(30)8-9-23)4-7-19(18)26-27-21/h2-7,14H,8-13H2,1H3,(H,24,30)(H,25,31)(H,26,27). The van der Waals surface area contributed by atoms with Crippen LogP contribution >= 0.6 is 11.6 Å². The summed E-state index contributed by atoms with van der Waals surface area (Å²) in [7, 11) is 2.13. The van der Waals surface area contributed by atoms with Crippen LogP contribution in [0, 0.1) is 0 Å². The second kappa shape index (κ2) is 9.36. The highest BCUT2D eigenvalue weighted by molar-refractivity contribution is 6.19. The second-order valence-corrected chi connectivity index (χ2v) is 7.99. The molecule has 0 saturated carbocycles. The Morgan fingerprint density at radius 3 is 2.45 bits per heavy atom.